The second-order valence-electron chi connectivity index (χ2n) is 4.46. The van der Waals surface area contributed by atoms with Crippen molar-refractivity contribution in [2.24, 2.45) is 5.92 Å². The molecule has 0 spiro atoms. The van der Waals surface area contributed by atoms with Crippen molar-refractivity contribution in [3.8, 4) is 0 Å². The van der Waals surface area contributed by atoms with Crippen molar-refractivity contribution in [2.75, 3.05) is 5.32 Å². The molecule has 1 amide bonds. The molecule has 0 radical (unpaired) electrons. The van der Waals surface area contributed by atoms with Gasteiger partial charge in [-0.1, -0.05) is 0 Å². The Kier molecular flexibility index (Phi) is 3.57. The van der Waals surface area contributed by atoms with Gasteiger partial charge >= 0.3 is 0 Å². The van der Waals surface area contributed by atoms with Crippen LogP contribution in [0.5, 0.6) is 0 Å². The van der Waals surface area contributed by atoms with Gasteiger partial charge in [0.25, 0.3) is 0 Å². The molecule has 17 heavy (non-hydrogen) atoms. The molecule has 1 fully saturated rings. The van der Waals surface area contributed by atoms with Crippen LogP contribution in [0.3, 0.4) is 0 Å². The van der Waals surface area contributed by atoms with Crippen LogP contribution in [0.2, 0.25) is 0 Å². The van der Waals surface area contributed by atoms with Crippen LogP contribution < -0.4 is 5.32 Å². The van der Waals surface area contributed by atoms with Crippen molar-refractivity contribution in [2.45, 2.75) is 39.5 Å². The summed E-state index contributed by atoms with van der Waals surface area (Å²) >= 11 is 1.50. The lowest BCUT2D eigenvalue weighted by Crippen LogP contribution is -2.27. The molecular formula is C12H16N2O2S. The number of hydrogen-bond donors (Lipinski definition) is 1. The molecule has 0 saturated heterocycles. The van der Waals surface area contributed by atoms with Gasteiger partial charge in [-0.2, -0.15) is 0 Å². The van der Waals surface area contributed by atoms with Crippen molar-refractivity contribution in [3.63, 3.8) is 0 Å². The Balaban J connectivity index is 1.95. The van der Waals surface area contributed by atoms with E-state index in [1.165, 1.54) is 11.3 Å². The fourth-order valence-corrected chi connectivity index (χ4v) is 2.75. The van der Waals surface area contributed by atoms with E-state index in [2.05, 4.69) is 10.3 Å². The Morgan fingerprint density at radius 1 is 1.35 bits per heavy atom. The van der Waals surface area contributed by atoms with Crippen molar-refractivity contribution in [1.29, 1.82) is 0 Å². The number of thiazole rings is 1. The Morgan fingerprint density at radius 2 is 2.00 bits per heavy atom. The minimum Gasteiger partial charge on any atom is -0.302 e. The first kappa shape index (κ1) is 12.2. The first-order valence-electron chi connectivity index (χ1n) is 5.83. The van der Waals surface area contributed by atoms with Gasteiger partial charge in [0.15, 0.2) is 5.13 Å². The van der Waals surface area contributed by atoms with Gasteiger partial charge in [0, 0.05) is 23.6 Å². The maximum atomic E-state index is 11.9. The molecule has 92 valence electrons. The van der Waals surface area contributed by atoms with E-state index in [1.54, 1.807) is 0 Å². The van der Waals surface area contributed by atoms with Crippen molar-refractivity contribution in [1.82, 2.24) is 4.98 Å². The number of carbonyl (C=O) groups excluding carboxylic acids is 2. The minimum atomic E-state index is -0.0304. The van der Waals surface area contributed by atoms with Crippen LogP contribution in [0.1, 0.15) is 36.3 Å². The van der Waals surface area contributed by atoms with E-state index < -0.39 is 0 Å². The zero-order valence-corrected chi connectivity index (χ0v) is 10.9. The third-order valence-electron chi connectivity index (χ3n) is 3.17. The molecule has 5 heteroatoms. The van der Waals surface area contributed by atoms with Crippen LogP contribution >= 0.6 is 11.3 Å². The van der Waals surface area contributed by atoms with E-state index in [0.717, 1.165) is 10.6 Å². The van der Waals surface area contributed by atoms with E-state index in [-0.39, 0.29) is 17.6 Å². The number of Topliss-reactive ketones (excluding diaryl/α,β-unsaturated/α-hetero) is 1. The highest BCUT2D eigenvalue weighted by molar-refractivity contribution is 7.15. The zero-order chi connectivity index (χ0) is 12.4. The molecule has 1 aliphatic carbocycles. The molecule has 1 aromatic heterocycles. The minimum absolute atomic E-state index is 0.00579. The summed E-state index contributed by atoms with van der Waals surface area (Å²) in [4.78, 5) is 28.4. The summed E-state index contributed by atoms with van der Waals surface area (Å²) in [5, 5.41) is 3.51. The fraction of sp³-hybridized carbons (Fsp3) is 0.583. The summed E-state index contributed by atoms with van der Waals surface area (Å²) in [5.74, 6) is 0.249. The SMILES string of the molecule is Cc1nc(NC(=O)C2CCC(=O)CC2)sc1C. The van der Waals surface area contributed by atoms with Gasteiger partial charge in [0.2, 0.25) is 5.91 Å². The molecular weight excluding hydrogens is 236 g/mol. The number of carbonyl (C=O) groups is 2. The van der Waals surface area contributed by atoms with Crippen LogP contribution in [-0.2, 0) is 9.59 Å². The molecule has 2 rings (SSSR count). The van der Waals surface area contributed by atoms with Gasteiger partial charge in [-0.3, -0.25) is 9.59 Å². The standard InChI is InChI=1S/C12H16N2O2S/c1-7-8(2)17-12(13-7)14-11(16)9-3-5-10(15)6-4-9/h9H,3-6H2,1-2H3,(H,13,14,16). The number of anilines is 1. The second kappa shape index (κ2) is 4.96. The Morgan fingerprint density at radius 3 is 2.53 bits per heavy atom. The number of aryl methyl sites for hydroxylation is 2. The topological polar surface area (TPSA) is 59.1 Å². The predicted octanol–water partition coefficient (Wildman–Crippen LogP) is 2.46. The van der Waals surface area contributed by atoms with Crippen LogP contribution in [-0.4, -0.2) is 16.7 Å². The lowest BCUT2D eigenvalue weighted by molar-refractivity contribution is -0.125. The van der Waals surface area contributed by atoms with Crippen LogP contribution in [0.4, 0.5) is 5.13 Å². The molecule has 1 aliphatic rings. The van der Waals surface area contributed by atoms with E-state index in [0.29, 0.717) is 30.8 Å². The number of amides is 1. The van der Waals surface area contributed by atoms with E-state index in [4.69, 9.17) is 0 Å². The molecule has 0 aliphatic heterocycles. The molecule has 4 nitrogen and oxygen atoms in total. The maximum absolute atomic E-state index is 11.9. The number of nitrogens with zero attached hydrogens (tertiary/aromatic N) is 1. The monoisotopic (exact) mass is 252 g/mol. The lowest BCUT2D eigenvalue weighted by Gasteiger charge is -2.19. The molecule has 1 aromatic rings. The zero-order valence-electron chi connectivity index (χ0n) is 10.1. The van der Waals surface area contributed by atoms with Crippen LogP contribution in [0.25, 0.3) is 0 Å². The van der Waals surface area contributed by atoms with Crippen molar-refractivity contribution in [3.05, 3.63) is 10.6 Å². The molecule has 1 N–H and O–H groups in total. The largest absolute Gasteiger partial charge is 0.302 e. The average molecular weight is 252 g/mol. The summed E-state index contributed by atoms with van der Waals surface area (Å²) in [7, 11) is 0. The van der Waals surface area contributed by atoms with Crippen LogP contribution in [0, 0.1) is 19.8 Å². The summed E-state index contributed by atoms with van der Waals surface area (Å²) in [6.45, 7) is 3.92. The fourth-order valence-electron chi connectivity index (χ4n) is 1.94. The Labute approximate surface area is 104 Å². The molecule has 0 unspecified atom stereocenters. The number of rotatable bonds is 2. The van der Waals surface area contributed by atoms with Gasteiger partial charge in [-0.25, -0.2) is 4.98 Å². The summed E-state index contributed by atoms with van der Waals surface area (Å²) in [5.41, 5.74) is 0.962. The first-order valence-corrected chi connectivity index (χ1v) is 6.64. The van der Waals surface area contributed by atoms with E-state index in [1.807, 2.05) is 13.8 Å². The summed E-state index contributed by atoms with van der Waals surface area (Å²) in [6, 6.07) is 0. The smallest absolute Gasteiger partial charge is 0.229 e. The number of hydrogen-bond acceptors (Lipinski definition) is 4. The molecule has 0 aromatic carbocycles. The predicted molar refractivity (Wildman–Crippen MR) is 67.2 cm³/mol. The van der Waals surface area contributed by atoms with Crippen molar-refractivity contribution < 1.29 is 9.59 Å². The third kappa shape index (κ3) is 2.91. The van der Waals surface area contributed by atoms with E-state index in [9.17, 15) is 9.59 Å². The van der Waals surface area contributed by atoms with Gasteiger partial charge < -0.3 is 5.32 Å². The highest BCUT2D eigenvalue weighted by atomic mass is 32.1. The molecule has 1 heterocycles. The van der Waals surface area contributed by atoms with Gasteiger partial charge in [0.05, 0.1) is 5.69 Å². The Bertz CT molecular complexity index is 424. The Hall–Kier alpha value is -1.23. The first-order chi connectivity index (χ1) is 8.06. The number of nitrogens with one attached hydrogen (secondary N) is 1. The van der Waals surface area contributed by atoms with Gasteiger partial charge in [-0.05, 0) is 26.7 Å². The average Bonchev–Trinajstić information content (AvgIpc) is 2.58. The third-order valence-corrected chi connectivity index (χ3v) is 4.16. The molecule has 0 bridgehead atoms. The number of aromatic nitrogens is 1. The highest BCUT2D eigenvalue weighted by Crippen LogP contribution is 2.25. The second-order valence-corrected chi connectivity index (χ2v) is 5.67. The normalized spacial score (nSPS) is 17.2. The van der Waals surface area contributed by atoms with Crippen molar-refractivity contribution >= 4 is 28.2 Å². The highest BCUT2D eigenvalue weighted by Gasteiger charge is 2.25. The van der Waals surface area contributed by atoms with E-state index >= 15 is 0 Å². The van der Waals surface area contributed by atoms with Crippen LogP contribution in [0.15, 0.2) is 0 Å². The summed E-state index contributed by atoms with van der Waals surface area (Å²) < 4.78 is 0. The van der Waals surface area contributed by atoms with Gasteiger partial charge in [0.1, 0.15) is 5.78 Å². The lowest BCUT2D eigenvalue weighted by atomic mass is 9.88. The quantitative estimate of drug-likeness (QED) is 0.879. The number of ketones is 1. The maximum Gasteiger partial charge on any atom is 0.229 e. The molecule has 1 saturated carbocycles. The van der Waals surface area contributed by atoms with Gasteiger partial charge in [-0.15, -0.1) is 11.3 Å². The summed E-state index contributed by atoms with van der Waals surface area (Å²) in [6.07, 6.45) is 2.42. The molecule has 0 atom stereocenters.